The van der Waals surface area contributed by atoms with Crippen LogP contribution in [0.1, 0.15) is 54.4 Å². The van der Waals surface area contributed by atoms with Gasteiger partial charge in [0.05, 0.1) is 0 Å². The van der Waals surface area contributed by atoms with E-state index in [9.17, 15) is 0 Å². The molecule has 1 aromatic rings. The topological polar surface area (TPSA) is 0 Å². The second kappa shape index (κ2) is 5.53. The van der Waals surface area contributed by atoms with Crippen LogP contribution < -0.4 is 5.30 Å². The number of hydrogen-bond acceptors (Lipinski definition) is 0. The van der Waals surface area contributed by atoms with Crippen molar-refractivity contribution in [3.63, 3.8) is 0 Å². The summed E-state index contributed by atoms with van der Waals surface area (Å²) in [4.78, 5) is 0. The van der Waals surface area contributed by atoms with Crippen LogP contribution >= 0.6 is 7.92 Å². The van der Waals surface area contributed by atoms with Crippen LogP contribution in [-0.4, -0.2) is 10.3 Å². The lowest BCUT2D eigenvalue weighted by molar-refractivity contribution is 0.610. The molecule has 96 valence electrons. The summed E-state index contributed by atoms with van der Waals surface area (Å²) in [6, 6.07) is 11.1. The van der Waals surface area contributed by atoms with Gasteiger partial charge < -0.3 is 0 Å². The van der Waals surface area contributed by atoms with Crippen molar-refractivity contribution in [2.75, 3.05) is 0 Å². The molecule has 0 N–H and O–H groups in total. The first-order valence-corrected chi connectivity index (χ1v) is 8.04. The van der Waals surface area contributed by atoms with Crippen molar-refractivity contribution < 1.29 is 0 Å². The van der Waals surface area contributed by atoms with E-state index < -0.39 is 0 Å². The molecule has 0 amide bonds. The van der Waals surface area contributed by atoms with Crippen LogP contribution in [0.25, 0.3) is 0 Å². The molecule has 0 aliphatic heterocycles. The third kappa shape index (κ3) is 3.32. The summed E-state index contributed by atoms with van der Waals surface area (Å²) in [5.74, 6) is 0. The van der Waals surface area contributed by atoms with Crippen molar-refractivity contribution in [1.82, 2.24) is 0 Å². The van der Waals surface area contributed by atoms with Crippen LogP contribution in [0.15, 0.2) is 30.3 Å². The van der Waals surface area contributed by atoms with Crippen LogP contribution in [-0.2, 0) is 0 Å². The van der Waals surface area contributed by atoms with E-state index in [2.05, 4.69) is 71.9 Å². The Balaban J connectivity index is 3.22. The summed E-state index contributed by atoms with van der Waals surface area (Å²) >= 11 is 0. The zero-order valence-electron chi connectivity index (χ0n) is 12.2. The average Bonchev–Trinajstić information content (AvgIpc) is 2.30. The lowest BCUT2D eigenvalue weighted by Gasteiger charge is -2.45. The fourth-order valence-electron chi connectivity index (χ4n) is 2.41. The first-order chi connectivity index (χ1) is 7.85. The third-order valence-electron chi connectivity index (χ3n) is 3.96. The van der Waals surface area contributed by atoms with Crippen LogP contribution in [0, 0.1) is 0 Å². The Morgan fingerprint density at radius 1 is 0.824 bits per heavy atom. The molecular weight excluding hydrogens is 223 g/mol. The minimum Gasteiger partial charge on any atom is -0.0645 e. The van der Waals surface area contributed by atoms with Crippen LogP contribution in [0.3, 0.4) is 0 Å². The van der Waals surface area contributed by atoms with Crippen molar-refractivity contribution in [3.8, 4) is 0 Å². The quantitative estimate of drug-likeness (QED) is 0.632. The summed E-state index contributed by atoms with van der Waals surface area (Å²) in [7, 11) is -0.142. The Morgan fingerprint density at radius 2 is 1.24 bits per heavy atom. The van der Waals surface area contributed by atoms with Gasteiger partial charge in [-0.2, -0.15) is 0 Å². The van der Waals surface area contributed by atoms with Gasteiger partial charge in [-0.3, -0.25) is 0 Å². The van der Waals surface area contributed by atoms with Gasteiger partial charge in [0.1, 0.15) is 0 Å². The lowest BCUT2D eigenvalue weighted by Crippen LogP contribution is -2.34. The largest absolute Gasteiger partial charge is 0.0645 e. The van der Waals surface area contributed by atoms with Gasteiger partial charge in [-0.1, -0.05) is 79.8 Å². The Morgan fingerprint density at radius 3 is 1.59 bits per heavy atom. The summed E-state index contributed by atoms with van der Waals surface area (Å²) < 4.78 is 0. The molecule has 1 aromatic carbocycles. The van der Waals surface area contributed by atoms with E-state index in [0.717, 1.165) is 0 Å². The maximum Gasteiger partial charge on any atom is -0.0109 e. The number of rotatable bonds is 5. The van der Waals surface area contributed by atoms with Crippen LogP contribution in [0.4, 0.5) is 0 Å². The highest BCUT2D eigenvalue weighted by molar-refractivity contribution is 7.68. The summed E-state index contributed by atoms with van der Waals surface area (Å²) in [6.07, 6.45) is 2.49. The average molecular weight is 250 g/mol. The fraction of sp³-hybridized carbons (Fsp3) is 0.625. The lowest BCUT2D eigenvalue weighted by atomic mass is 10.1. The Hall–Kier alpha value is -0.350. The van der Waals surface area contributed by atoms with E-state index in [1.165, 1.54) is 12.8 Å². The molecule has 0 aliphatic carbocycles. The highest BCUT2D eigenvalue weighted by Gasteiger charge is 2.38. The van der Waals surface area contributed by atoms with E-state index in [1.54, 1.807) is 5.30 Å². The molecule has 0 radical (unpaired) electrons. The summed E-state index contributed by atoms with van der Waals surface area (Å²) in [5, 5.41) is 2.38. The summed E-state index contributed by atoms with van der Waals surface area (Å²) in [6.45, 7) is 14.4. The molecule has 0 bridgehead atoms. The highest BCUT2D eigenvalue weighted by Crippen LogP contribution is 2.60. The molecule has 0 heterocycles. The third-order valence-corrected chi connectivity index (χ3v) is 7.82. The van der Waals surface area contributed by atoms with Gasteiger partial charge in [0.15, 0.2) is 0 Å². The predicted octanol–water partition coefficient (Wildman–Crippen LogP) is 5.17. The maximum atomic E-state index is 2.43. The van der Waals surface area contributed by atoms with Gasteiger partial charge in [0.25, 0.3) is 0 Å². The standard InChI is InChI=1S/C16H27P/c1-7-15(3,4)17(16(5,6)8-2)14-12-10-9-11-13-14/h9-13H,7-8H2,1-6H3. The van der Waals surface area contributed by atoms with E-state index in [4.69, 9.17) is 0 Å². The normalized spacial score (nSPS) is 13.1. The first kappa shape index (κ1) is 14.7. The molecule has 0 unspecified atom stereocenters. The van der Waals surface area contributed by atoms with Crippen molar-refractivity contribution in [1.29, 1.82) is 0 Å². The van der Waals surface area contributed by atoms with E-state index in [-0.39, 0.29) is 7.92 Å². The van der Waals surface area contributed by atoms with Gasteiger partial charge >= 0.3 is 0 Å². The monoisotopic (exact) mass is 250 g/mol. The van der Waals surface area contributed by atoms with Crippen molar-refractivity contribution >= 4 is 13.2 Å². The molecule has 0 aliphatic rings. The minimum absolute atomic E-state index is 0.142. The Kier molecular flexibility index (Phi) is 4.78. The van der Waals surface area contributed by atoms with Crippen molar-refractivity contribution in [3.05, 3.63) is 30.3 Å². The smallest absolute Gasteiger partial charge is 0.0109 e. The van der Waals surface area contributed by atoms with Gasteiger partial charge in [-0.15, -0.1) is 0 Å². The first-order valence-electron chi connectivity index (χ1n) is 6.70. The number of benzene rings is 1. The molecular formula is C16H27P. The van der Waals surface area contributed by atoms with Gasteiger partial charge in [-0.05, 0) is 28.5 Å². The highest BCUT2D eigenvalue weighted by atomic mass is 31.1. The van der Waals surface area contributed by atoms with Gasteiger partial charge in [-0.25, -0.2) is 0 Å². The van der Waals surface area contributed by atoms with E-state index >= 15 is 0 Å². The number of hydrogen-bond donors (Lipinski definition) is 0. The minimum atomic E-state index is -0.142. The molecule has 1 heteroatoms. The molecule has 0 fully saturated rings. The summed E-state index contributed by atoms with van der Waals surface area (Å²) in [5.41, 5.74) is 0. The zero-order chi connectivity index (χ0) is 13.1. The molecule has 1 rings (SSSR count). The molecule has 0 saturated heterocycles. The molecule has 0 spiro atoms. The SMILES string of the molecule is CCC(C)(C)P(c1ccccc1)C(C)(C)CC. The van der Waals surface area contributed by atoms with Gasteiger partial charge in [0, 0.05) is 0 Å². The predicted molar refractivity (Wildman–Crippen MR) is 81.7 cm³/mol. The Bertz CT molecular complexity index is 322. The molecule has 17 heavy (non-hydrogen) atoms. The van der Waals surface area contributed by atoms with E-state index in [0.29, 0.717) is 10.3 Å². The molecule has 0 saturated carbocycles. The second-order valence-electron chi connectivity index (χ2n) is 6.00. The maximum absolute atomic E-state index is 2.43. The van der Waals surface area contributed by atoms with Crippen LogP contribution in [0.5, 0.6) is 0 Å². The Labute approximate surface area is 109 Å². The van der Waals surface area contributed by atoms with Crippen molar-refractivity contribution in [2.45, 2.75) is 64.7 Å². The molecule has 0 atom stereocenters. The molecule has 0 aromatic heterocycles. The molecule has 0 nitrogen and oxygen atoms in total. The zero-order valence-corrected chi connectivity index (χ0v) is 13.1. The van der Waals surface area contributed by atoms with Gasteiger partial charge in [0.2, 0.25) is 0 Å². The van der Waals surface area contributed by atoms with E-state index in [1.807, 2.05) is 0 Å². The van der Waals surface area contributed by atoms with Crippen molar-refractivity contribution in [2.24, 2.45) is 0 Å². The fourth-order valence-corrected chi connectivity index (χ4v) is 6.55. The van der Waals surface area contributed by atoms with Crippen LogP contribution in [0.2, 0.25) is 0 Å². The second-order valence-corrected chi connectivity index (χ2v) is 9.61.